The van der Waals surface area contributed by atoms with E-state index in [1.165, 1.54) is 0 Å². The first kappa shape index (κ1) is 24.1. The van der Waals surface area contributed by atoms with Crippen LogP contribution < -0.4 is 16.8 Å². The molecule has 0 radical (unpaired) electrons. The number of morpholine rings is 1. The molecular formula is C22H35N7O3S. The number of hydrogen-bond donors (Lipinski definition) is 3. The fourth-order valence-electron chi connectivity index (χ4n) is 4.50. The van der Waals surface area contributed by atoms with E-state index in [2.05, 4.69) is 20.1 Å². The van der Waals surface area contributed by atoms with Crippen LogP contribution in [0, 0.1) is 0 Å². The Bertz CT molecular complexity index is 999. The van der Waals surface area contributed by atoms with Crippen molar-refractivity contribution in [3.8, 4) is 0 Å². The van der Waals surface area contributed by atoms with Gasteiger partial charge in [0.15, 0.2) is 5.96 Å². The number of nitrogens with two attached hydrogens (primary N) is 2. The number of likely N-dealkylation sites (N-methyl/N-ethyl adjacent to an activating group) is 1. The lowest BCUT2D eigenvalue weighted by Gasteiger charge is -2.34. The molecular weight excluding hydrogens is 442 g/mol. The second-order valence-corrected chi connectivity index (χ2v) is 10.9. The van der Waals surface area contributed by atoms with E-state index < -0.39 is 15.7 Å². The molecule has 33 heavy (non-hydrogen) atoms. The zero-order chi connectivity index (χ0) is 23.5. The summed E-state index contributed by atoms with van der Waals surface area (Å²) in [6.07, 6.45) is 3.18. The second kappa shape index (κ2) is 10.1. The molecule has 5 N–H and O–H groups in total. The van der Waals surface area contributed by atoms with E-state index in [1.54, 1.807) is 28.7 Å². The van der Waals surface area contributed by atoms with Gasteiger partial charge in [0.2, 0.25) is 10.0 Å². The Labute approximate surface area is 196 Å². The number of hydrogen-bond acceptors (Lipinski definition) is 9. The Balaban J connectivity index is 1.52. The van der Waals surface area contributed by atoms with Gasteiger partial charge in [-0.05, 0) is 44.1 Å². The Kier molecular flexibility index (Phi) is 7.37. The van der Waals surface area contributed by atoms with Crippen molar-refractivity contribution in [3.05, 3.63) is 36.0 Å². The quantitative estimate of drug-likeness (QED) is 0.486. The number of ether oxygens (including phenoxy) is 1. The normalized spacial score (nSPS) is 25.9. The number of benzene rings is 1. The van der Waals surface area contributed by atoms with E-state index >= 15 is 0 Å². The third-order valence-corrected chi connectivity index (χ3v) is 8.43. The van der Waals surface area contributed by atoms with E-state index in [1.807, 2.05) is 13.1 Å². The molecule has 1 aromatic carbocycles. The Morgan fingerprint density at radius 3 is 2.61 bits per heavy atom. The van der Waals surface area contributed by atoms with Gasteiger partial charge in [-0.2, -0.15) is 4.31 Å². The number of nitrogens with one attached hydrogen (secondary N) is 1. The van der Waals surface area contributed by atoms with Gasteiger partial charge in [-0.15, -0.1) is 0 Å². The van der Waals surface area contributed by atoms with Crippen molar-refractivity contribution in [2.75, 3.05) is 66.1 Å². The van der Waals surface area contributed by atoms with Crippen molar-refractivity contribution in [1.82, 2.24) is 19.4 Å². The minimum absolute atomic E-state index is 0.258. The molecule has 11 heteroatoms. The van der Waals surface area contributed by atoms with Crippen LogP contribution in [0.25, 0.3) is 5.57 Å². The van der Waals surface area contributed by atoms with Gasteiger partial charge >= 0.3 is 0 Å². The molecule has 0 bridgehead atoms. The molecule has 0 spiro atoms. The molecule has 2 fully saturated rings. The molecule has 1 unspecified atom stereocenters. The van der Waals surface area contributed by atoms with Crippen LogP contribution in [0.2, 0.25) is 0 Å². The minimum atomic E-state index is -3.59. The lowest BCUT2D eigenvalue weighted by atomic mass is 9.89. The lowest BCUT2D eigenvalue weighted by molar-refractivity contribution is 0.0368. The molecule has 0 aliphatic carbocycles. The highest BCUT2D eigenvalue weighted by Crippen LogP contribution is 2.33. The molecule has 3 aliphatic rings. The van der Waals surface area contributed by atoms with Gasteiger partial charge in [-0.1, -0.05) is 12.1 Å². The predicted octanol–water partition coefficient (Wildman–Crippen LogP) is -0.351. The van der Waals surface area contributed by atoms with Gasteiger partial charge in [0.05, 0.1) is 18.1 Å². The highest BCUT2D eigenvalue weighted by atomic mass is 32.2. The molecule has 0 saturated carbocycles. The van der Waals surface area contributed by atoms with Crippen LogP contribution in [0.5, 0.6) is 0 Å². The third-order valence-electron chi connectivity index (χ3n) is 6.53. The number of rotatable bonds is 7. The monoisotopic (exact) mass is 477 g/mol. The average molecular weight is 478 g/mol. The molecule has 4 rings (SSSR count). The summed E-state index contributed by atoms with van der Waals surface area (Å²) in [6, 6.07) is 6.97. The van der Waals surface area contributed by atoms with Crippen molar-refractivity contribution in [2.45, 2.75) is 23.4 Å². The van der Waals surface area contributed by atoms with Crippen LogP contribution in [-0.4, -0.2) is 100 Å². The number of guanidine groups is 1. The van der Waals surface area contributed by atoms with Crippen LogP contribution >= 0.6 is 0 Å². The van der Waals surface area contributed by atoms with Crippen LogP contribution in [-0.2, 0) is 14.8 Å². The van der Waals surface area contributed by atoms with E-state index in [4.69, 9.17) is 16.2 Å². The fourth-order valence-corrected chi connectivity index (χ4v) is 5.97. The van der Waals surface area contributed by atoms with Crippen LogP contribution in [0.4, 0.5) is 0 Å². The summed E-state index contributed by atoms with van der Waals surface area (Å²) in [5, 5.41) is 2.95. The molecule has 0 aromatic heterocycles. The largest absolute Gasteiger partial charge is 0.379 e. The van der Waals surface area contributed by atoms with Crippen LogP contribution in [0.3, 0.4) is 0 Å². The molecule has 182 valence electrons. The summed E-state index contributed by atoms with van der Waals surface area (Å²) in [6.45, 7) is 6.64. The Hall–Kier alpha value is -2.02. The van der Waals surface area contributed by atoms with E-state index in [0.717, 1.165) is 63.5 Å². The molecule has 1 aromatic rings. The van der Waals surface area contributed by atoms with Crippen molar-refractivity contribution in [1.29, 1.82) is 0 Å². The first-order chi connectivity index (χ1) is 15.8. The maximum Gasteiger partial charge on any atom is 0.243 e. The first-order valence-electron chi connectivity index (χ1n) is 11.5. The topological polar surface area (TPSA) is 130 Å². The van der Waals surface area contributed by atoms with E-state index in [-0.39, 0.29) is 10.9 Å². The average Bonchev–Trinajstić information content (AvgIpc) is 2.80. The summed E-state index contributed by atoms with van der Waals surface area (Å²) in [5.74, 6) is 0.258. The Morgan fingerprint density at radius 1 is 1.15 bits per heavy atom. The van der Waals surface area contributed by atoms with Gasteiger partial charge in [-0.3, -0.25) is 4.90 Å². The molecule has 0 amide bonds. The molecule has 1 atom stereocenters. The Morgan fingerprint density at radius 2 is 1.88 bits per heavy atom. The minimum Gasteiger partial charge on any atom is -0.379 e. The third kappa shape index (κ3) is 5.56. The van der Waals surface area contributed by atoms with Crippen LogP contribution in [0.1, 0.15) is 18.4 Å². The predicted molar refractivity (Wildman–Crippen MR) is 129 cm³/mol. The molecule has 3 aliphatic heterocycles. The zero-order valence-electron chi connectivity index (χ0n) is 19.2. The van der Waals surface area contributed by atoms with Crippen molar-refractivity contribution < 1.29 is 13.2 Å². The summed E-state index contributed by atoms with van der Waals surface area (Å²) in [7, 11) is -1.59. The lowest BCUT2D eigenvalue weighted by Crippen LogP contribution is -2.48. The SMILES string of the molecule is CN1CCN(S(=O)(=O)c2cccc(C3=CNC(N)=NC3(N)CCCN3CCOCC3)c2)CC1. The summed E-state index contributed by atoms with van der Waals surface area (Å²) < 4.78 is 33.5. The molecule has 2 saturated heterocycles. The van der Waals surface area contributed by atoms with E-state index in [0.29, 0.717) is 19.5 Å². The highest BCUT2D eigenvalue weighted by Gasteiger charge is 2.34. The maximum atomic E-state index is 13.3. The van der Waals surface area contributed by atoms with Crippen molar-refractivity contribution >= 4 is 21.6 Å². The summed E-state index contributed by atoms with van der Waals surface area (Å²) in [4.78, 5) is 9.28. The first-order valence-corrected chi connectivity index (χ1v) is 12.9. The van der Waals surface area contributed by atoms with Crippen LogP contribution in [0.15, 0.2) is 40.4 Å². The van der Waals surface area contributed by atoms with E-state index in [9.17, 15) is 8.42 Å². The number of sulfonamides is 1. The van der Waals surface area contributed by atoms with Gasteiger partial charge in [0.25, 0.3) is 0 Å². The number of aliphatic imine (C=N–C) groups is 1. The summed E-state index contributed by atoms with van der Waals surface area (Å²) in [5.41, 5.74) is 13.2. The number of nitrogens with zero attached hydrogens (tertiary/aromatic N) is 4. The van der Waals surface area contributed by atoms with Gasteiger partial charge in [0.1, 0.15) is 5.66 Å². The van der Waals surface area contributed by atoms with Gasteiger partial charge in [0, 0.05) is 51.0 Å². The van der Waals surface area contributed by atoms with Gasteiger partial charge < -0.3 is 26.4 Å². The summed E-state index contributed by atoms with van der Waals surface area (Å²) >= 11 is 0. The van der Waals surface area contributed by atoms with Gasteiger partial charge in [-0.25, -0.2) is 13.4 Å². The maximum absolute atomic E-state index is 13.3. The zero-order valence-corrected chi connectivity index (χ0v) is 20.1. The fraction of sp³-hybridized carbons (Fsp3) is 0.591. The molecule has 3 heterocycles. The molecule has 10 nitrogen and oxygen atoms in total. The standard InChI is InChI=1S/C22H35N7O3S/c1-27-8-10-29(11-9-27)33(30,31)19-5-2-4-18(16-19)20-17-25-21(23)26-22(20,24)6-3-7-28-12-14-32-15-13-28/h2,4-5,16-17H,3,6-15,24H2,1H3,(H3,23,25,26). The smallest absolute Gasteiger partial charge is 0.243 e. The highest BCUT2D eigenvalue weighted by molar-refractivity contribution is 7.89. The number of piperazine rings is 1. The second-order valence-electron chi connectivity index (χ2n) is 8.92. The van der Waals surface area contributed by atoms with Crippen molar-refractivity contribution in [3.63, 3.8) is 0 Å². The van der Waals surface area contributed by atoms with Crippen molar-refractivity contribution in [2.24, 2.45) is 16.5 Å².